The normalized spacial score (nSPS) is 15.4. The van der Waals surface area contributed by atoms with Gasteiger partial charge < -0.3 is 10.4 Å². The van der Waals surface area contributed by atoms with Crippen LogP contribution in [0.2, 0.25) is 0 Å². The molecule has 0 unspecified atom stereocenters. The molecule has 1 fully saturated rings. The third kappa shape index (κ3) is 4.56. The van der Waals surface area contributed by atoms with E-state index >= 15 is 0 Å². The second kappa shape index (κ2) is 7.52. The number of nitrogens with one attached hydrogen (secondary N) is 1. The van der Waals surface area contributed by atoms with Crippen molar-refractivity contribution in [1.29, 1.82) is 0 Å². The summed E-state index contributed by atoms with van der Waals surface area (Å²) in [5.41, 5.74) is 0.998. The Morgan fingerprint density at radius 3 is 2.75 bits per heavy atom. The van der Waals surface area contributed by atoms with Gasteiger partial charge in [0.05, 0.1) is 12.1 Å². The van der Waals surface area contributed by atoms with Crippen LogP contribution < -0.4 is 5.32 Å². The van der Waals surface area contributed by atoms with Crippen LogP contribution in [0.25, 0.3) is 10.9 Å². The molecule has 0 saturated carbocycles. The third-order valence-corrected chi connectivity index (χ3v) is 2.98. The molecule has 6 nitrogen and oxygen atoms in total. The molecule has 6 heteroatoms. The van der Waals surface area contributed by atoms with Crippen LogP contribution in [0.4, 0.5) is 0 Å². The Morgan fingerprint density at radius 2 is 2.05 bits per heavy atom. The van der Waals surface area contributed by atoms with Crippen molar-refractivity contribution in [2.45, 2.75) is 0 Å². The molecule has 1 aromatic carbocycles. The first-order chi connectivity index (χ1) is 9.75. The predicted molar refractivity (Wildman–Crippen MR) is 76.5 cm³/mol. The Morgan fingerprint density at radius 1 is 1.30 bits per heavy atom. The highest BCUT2D eigenvalue weighted by molar-refractivity contribution is 5.76. The van der Waals surface area contributed by atoms with Gasteiger partial charge in [0, 0.05) is 37.8 Å². The van der Waals surface area contributed by atoms with E-state index in [0.717, 1.165) is 37.1 Å². The highest BCUT2D eigenvalue weighted by Crippen LogP contribution is 2.06. The van der Waals surface area contributed by atoms with Gasteiger partial charge in [0.1, 0.15) is 6.33 Å². The number of nitrogens with zero attached hydrogens (tertiary/aromatic N) is 3. The molecule has 0 bridgehead atoms. The highest BCUT2D eigenvalue weighted by Gasteiger charge is 2.11. The number of carboxylic acids is 1. The lowest BCUT2D eigenvalue weighted by atomic mass is 10.2. The first kappa shape index (κ1) is 14.4. The fourth-order valence-electron chi connectivity index (χ4n) is 1.98. The Kier molecular flexibility index (Phi) is 5.40. The molecule has 0 spiro atoms. The molecule has 106 valence electrons. The van der Waals surface area contributed by atoms with Crippen LogP contribution in [0, 0.1) is 0 Å². The Hall–Kier alpha value is -2.05. The minimum atomic E-state index is -0.734. The van der Waals surface area contributed by atoms with Crippen LogP contribution >= 0.6 is 0 Å². The van der Waals surface area contributed by atoms with Crippen molar-refractivity contribution >= 4 is 16.9 Å². The van der Waals surface area contributed by atoms with E-state index in [1.54, 1.807) is 6.33 Å². The standard InChI is InChI=1S/C8H6N2.C6H12N2O2/c1-2-4-8-7(3-1)5-9-6-10-8;9-6(10)5-8-3-1-7-2-4-8/h1-6H;7H,1-5H2,(H,9,10). The summed E-state index contributed by atoms with van der Waals surface area (Å²) in [6.45, 7) is 3.71. The molecule has 1 saturated heterocycles. The Bertz CT molecular complexity index is 490. The molecule has 2 heterocycles. The molecule has 0 aliphatic carbocycles. The van der Waals surface area contributed by atoms with Crippen molar-refractivity contribution in [3.05, 3.63) is 36.8 Å². The molecule has 0 radical (unpaired) electrons. The van der Waals surface area contributed by atoms with Gasteiger partial charge in [-0.05, 0) is 6.07 Å². The SMILES string of the molecule is O=C(O)CN1CCNCC1.c1ccc2ncncc2c1. The van der Waals surface area contributed by atoms with Gasteiger partial charge in [-0.1, -0.05) is 18.2 Å². The molecular weight excluding hydrogens is 256 g/mol. The van der Waals surface area contributed by atoms with Gasteiger partial charge in [-0.3, -0.25) is 9.69 Å². The molecule has 2 aromatic rings. The summed E-state index contributed by atoms with van der Waals surface area (Å²) >= 11 is 0. The Balaban J connectivity index is 0.000000147. The molecule has 0 amide bonds. The number of para-hydroxylation sites is 1. The van der Waals surface area contributed by atoms with Crippen LogP contribution in [-0.2, 0) is 4.79 Å². The van der Waals surface area contributed by atoms with Crippen molar-refractivity contribution < 1.29 is 9.90 Å². The van der Waals surface area contributed by atoms with E-state index in [1.165, 1.54) is 0 Å². The van der Waals surface area contributed by atoms with Gasteiger partial charge in [0.25, 0.3) is 0 Å². The monoisotopic (exact) mass is 274 g/mol. The van der Waals surface area contributed by atoms with Crippen molar-refractivity contribution in [2.75, 3.05) is 32.7 Å². The number of rotatable bonds is 2. The molecule has 1 aromatic heterocycles. The van der Waals surface area contributed by atoms with Gasteiger partial charge >= 0.3 is 5.97 Å². The number of carbonyl (C=O) groups is 1. The lowest BCUT2D eigenvalue weighted by Crippen LogP contribution is -2.45. The summed E-state index contributed by atoms with van der Waals surface area (Å²) in [5, 5.41) is 12.6. The lowest BCUT2D eigenvalue weighted by Gasteiger charge is -2.25. The van der Waals surface area contributed by atoms with E-state index in [9.17, 15) is 4.79 Å². The van der Waals surface area contributed by atoms with Gasteiger partial charge in [-0.2, -0.15) is 0 Å². The number of piperazine rings is 1. The van der Waals surface area contributed by atoms with Crippen molar-refractivity contribution in [3.63, 3.8) is 0 Å². The average Bonchev–Trinajstić information content (AvgIpc) is 2.48. The van der Waals surface area contributed by atoms with E-state index < -0.39 is 5.97 Å². The molecule has 1 aliphatic rings. The second-order valence-corrected chi connectivity index (χ2v) is 4.50. The first-order valence-electron chi connectivity index (χ1n) is 6.55. The smallest absolute Gasteiger partial charge is 0.317 e. The Labute approximate surface area is 117 Å². The highest BCUT2D eigenvalue weighted by atomic mass is 16.4. The van der Waals surface area contributed by atoms with E-state index in [1.807, 2.05) is 35.4 Å². The topological polar surface area (TPSA) is 78.4 Å². The number of benzene rings is 1. The van der Waals surface area contributed by atoms with Gasteiger partial charge in [-0.25, -0.2) is 9.97 Å². The minimum Gasteiger partial charge on any atom is -0.480 e. The summed E-state index contributed by atoms with van der Waals surface area (Å²) in [4.78, 5) is 20.1. The van der Waals surface area contributed by atoms with Gasteiger partial charge in [-0.15, -0.1) is 0 Å². The number of carboxylic acid groups (broad SMARTS) is 1. The zero-order valence-electron chi connectivity index (χ0n) is 11.2. The maximum absolute atomic E-state index is 10.2. The predicted octanol–water partition coefficient (Wildman–Crippen LogP) is 0.606. The molecule has 0 atom stereocenters. The summed E-state index contributed by atoms with van der Waals surface area (Å²) in [7, 11) is 0. The van der Waals surface area contributed by atoms with Gasteiger partial charge in [0.15, 0.2) is 0 Å². The number of fused-ring (bicyclic) bond motifs is 1. The van der Waals surface area contributed by atoms with E-state index in [-0.39, 0.29) is 6.54 Å². The van der Waals surface area contributed by atoms with E-state index in [0.29, 0.717) is 0 Å². The largest absolute Gasteiger partial charge is 0.480 e. The van der Waals surface area contributed by atoms with Crippen LogP contribution in [0.3, 0.4) is 0 Å². The zero-order chi connectivity index (χ0) is 14.2. The molecule has 3 rings (SSSR count). The maximum Gasteiger partial charge on any atom is 0.317 e. The van der Waals surface area contributed by atoms with Crippen LogP contribution in [0.15, 0.2) is 36.8 Å². The van der Waals surface area contributed by atoms with Crippen LogP contribution in [0.5, 0.6) is 0 Å². The molecule has 1 aliphatic heterocycles. The minimum absolute atomic E-state index is 0.182. The lowest BCUT2D eigenvalue weighted by molar-refractivity contribution is -0.138. The first-order valence-corrected chi connectivity index (χ1v) is 6.55. The summed E-state index contributed by atoms with van der Waals surface area (Å²) in [6, 6.07) is 7.91. The maximum atomic E-state index is 10.2. The summed E-state index contributed by atoms with van der Waals surface area (Å²) in [5.74, 6) is -0.734. The molecular formula is C14H18N4O2. The van der Waals surface area contributed by atoms with Crippen molar-refractivity contribution in [1.82, 2.24) is 20.2 Å². The van der Waals surface area contributed by atoms with E-state index in [2.05, 4.69) is 15.3 Å². The second-order valence-electron chi connectivity index (χ2n) is 4.50. The summed E-state index contributed by atoms with van der Waals surface area (Å²) < 4.78 is 0. The zero-order valence-corrected chi connectivity index (χ0v) is 11.2. The van der Waals surface area contributed by atoms with Gasteiger partial charge in [0.2, 0.25) is 0 Å². The summed E-state index contributed by atoms with van der Waals surface area (Å²) in [6.07, 6.45) is 3.37. The van der Waals surface area contributed by atoms with E-state index in [4.69, 9.17) is 5.11 Å². The molecule has 20 heavy (non-hydrogen) atoms. The fourth-order valence-corrected chi connectivity index (χ4v) is 1.98. The third-order valence-electron chi connectivity index (χ3n) is 2.98. The van der Waals surface area contributed by atoms with Crippen LogP contribution in [-0.4, -0.2) is 58.7 Å². The quantitative estimate of drug-likeness (QED) is 0.835. The molecule has 2 N–H and O–H groups in total. The average molecular weight is 274 g/mol. The van der Waals surface area contributed by atoms with Crippen LogP contribution in [0.1, 0.15) is 0 Å². The fraction of sp³-hybridized carbons (Fsp3) is 0.357. The number of hydrogen-bond donors (Lipinski definition) is 2. The number of aliphatic carboxylic acids is 1. The van der Waals surface area contributed by atoms with Crippen molar-refractivity contribution in [2.24, 2.45) is 0 Å². The number of hydrogen-bond acceptors (Lipinski definition) is 5. The number of aromatic nitrogens is 2. The van der Waals surface area contributed by atoms with Crippen molar-refractivity contribution in [3.8, 4) is 0 Å².